The van der Waals surface area contributed by atoms with Crippen LogP contribution >= 0.6 is 34.8 Å². The molecule has 0 unspecified atom stereocenters. The molecule has 2 fully saturated rings. The van der Waals surface area contributed by atoms with Crippen LogP contribution in [0.4, 0.5) is 26.4 Å². The van der Waals surface area contributed by atoms with Crippen molar-refractivity contribution in [2.45, 2.75) is 69.4 Å². The number of amides is 1. The molecule has 1 amide bonds. The summed E-state index contributed by atoms with van der Waals surface area (Å²) in [6.07, 6.45) is 4.64. The van der Waals surface area contributed by atoms with E-state index in [1.54, 1.807) is 18.3 Å². The topological polar surface area (TPSA) is 111 Å². The summed E-state index contributed by atoms with van der Waals surface area (Å²) in [5.74, 6) is -2.26. The molecule has 2 saturated carbocycles. The summed E-state index contributed by atoms with van der Waals surface area (Å²) in [6.45, 7) is 0. The number of hydrogen-bond acceptors (Lipinski definition) is 6. The van der Waals surface area contributed by atoms with Gasteiger partial charge >= 0.3 is 0 Å². The van der Waals surface area contributed by atoms with Crippen LogP contribution < -0.4 is 16.4 Å². The summed E-state index contributed by atoms with van der Waals surface area (Å²) in [5, 5.41) is 7.51. The van der Waals surface area contributed by atoms with Crippen molar-refractivity contribution in [3.8, 4) is 0 Å². The summed E-state index contributed by atoms with van der Waals surface area (Å²) in [4.78, 5) is 25.5. The average molecular weight is 573 g/mol. The quantitative estimate of drug-likeness (QED) is 0.302. The molecule has 0 spiro atoms. The average Bonchev–Trinajstić information content (AvgIpc) is 3.20. The highest BCUT2D eigenvalue weighted by Gasteiger charge is 2.35. The number of alkyl halides is 2. The van der Waals surface area contributed by atoms with E-state index in [0.29, 0.717) is 82.3 Å². The van der Waals surface area contributed by atoms with E-state index in [1.165, 1.54) is 0 Å². The number of fused-ring (bicyclic) bond motifs is 1. The summed E-state index contributed by atoms with van der Waals surface area (Å²) in [6, 6.07) is 3.00. The smallest absolute Gasteiger partial charge is 0.248 e. The maximum atomic E-state index is 13.6. The molecule has 5 rings (SSSR count). The molecule has 1 aromatic carbocycles. The number of rotatable bonds is 6. The van der Waals surface area contributed by atoms with Crippen molar-refractivity contribution in [1.29, 1.82) is 0 Å². The van der Waals surface area contributed by atoms with Gasteiger partial charge in [0.2, 0.25) is 23.7 Å². The van der Waals surface area contributed by atoms with E-state index in [0.717, 1.165) is 0 Å². The number of anilines is 3. The van der Waals surface area contributed by atoms with E-state index < -0.39 is 5.92 Å². The van der Waals surface area contributed by atoms with Crippen LogP contribution in [0.5, 0.6) is 0 Å². The summed E-state index contributed by atoms with van der Waals surface area (Å²) < 4.78 is 29.1. The molecule has 4 N–H and O–H groups in total. The van der Waals surface area contributed by atoms with Crippen LogP contribution in [0.3, 0.4) is 0 Å². The van der Waals surface area contributed by atoms with Gasteiger partial charge in [-0.1, -0.05) is 34.8 Å². The number of hydrogen-bond donors (Lipinski definition) is 3. The number of primary amides is 1. The molecule has 13 heteroatoms. The van der Waals surface area contributed by atoms with Crippen LogP contribution in [-0.2, 0) is 4.79 Å². The van der Waals surface area contributed by atoms with Gasteiger partial charge in [-0.2, -0.15) is 4.98 Å². The van der Waals surface area contributed by atoms with E-state index in [9.17, 15) is 13.6 Å². The van der Waals surface area contributed by atoms with Crippen molar-refractivity contribution in [2.75, 3.05) is 10.6 Å². The number of carbonyl (C=O) groups is 1. The Labute approximate surface area is 227 Å². The highest BCUT2D eigenvalue weighted by atomic mass is 35.5. The van der Waals surface area contributed by atoms with Crippen LogP contribution in [0, 0.1) is 5.92 Å². The van der Waals surface area contributed by atoms with E-state index >= 15 is 0 Å². The molecule has 0 bridgehead atoms. The number of nitrogens with zero attached hydrogens (tertiary/aromatic N) is 4. The number of carbonyl (C=O) groups excluding carboxylic acids is 1. The molecule has 0 saturated heterocycles. The van der Waals surface area contributed by atoms with Gasteiger partial charge in [0.1, 0.15) is 5.52 Å². The van der Waals surface area contributed by atoms with Crippen molar-refractivity contribution < 1.29 is 13.6 Å². The van der Waals surface area contributed by atoms with Crippen LogP contribution in [0.1, 0.15) is 57.4 Å². The third-order valence-corrected chi connectivity index (χ3v) is 8.01. The van der Waals surface area contributed by atoms with Gasteiger partial charge in [-0.15, -0.1) is 0 Å². The molecule has 3 aromatic rings. The van der Waals surface area contributed by atoms with Gasteiger partial charge < -0.3 is 16.4 Å². The number of benzene rings is 1. The summed E-state index contributed by atoms with van der Waals surface area (Å²) in [7, 11) is 0. The number of nitrogens with one attached hydrogen (secondary N) is 2. The molecular formula is C24H26Cl3F2N7O. The van der Waals surface area contributed by atoms with E-state index in [1.807, 2.05) is 4.57 Å². The Hall–Kier alpha value is -2.43. The molecule has 2 aliphatic carbocycles. The van der Waals surface area contributed by atoms with Gasteiger partial charge in [-0.3, -0.25) is 9.36 Å². The molecule has 2 aromatic heterocycles. The molecule has 2 heterocycles. The van der Waals surface area contributed by atoms with Crippen molar-refractivity contribution in [3.63, 3.8) is 0 Å². The first-order valence-corrected chi connectivity index (χ1v) is 13.3. The summed E-state index contributed by atoms with van der Waals surface area (Å²) >= 11 is 18.9. The Kier molecular flexibility index (Phi) is 7.35. The Morgan fingerprint density at radius 1 is 1.03 bits per heavy atom. The predicted molar refractivity (Wildman–Crippen MR) is 141 cm³/mol. The van der Waals surface area contributed by atoms with Gasteiger partial charge in [-0.05, 0) is 50.7 Å². The largest absolute Gasteiger partial charge is 0.369 e. The first kappa shape index (κ1) is 26.2. The van der Waals surface area contributed by atoms with Crippen molar-refractivity contribution >= 4 is 69.5 Å². The Morgan fingerprint density at radius 3 is 2.30 bits per heavy atom. The van der Waals surface area contributed by atoms with Gasteiger partial charge in [0, 0.05) is 35.9 Å². The Morgan fingerprint density at radius 2 is 1.68 bits per heavy atom. The maximum Gasteiger partial charge on any atom is 0.248 e. The lowest BCUT2D eigenvalue weighted by atomic mass is 9.85. The van der Waals surface area contributed by atoms with Gasteiger partial charge in [-0.25, -0.2) is 18.7 Å². The standard InChI is InChI=1S/C24H26Cl3F2N7O/c25-13-9-16(26)19(17(27)10-13)34-23-33-18-11-31-22(32-14-5-7-24(28,29)8-6-14)35-21(18)36(23)15-3-1-12(2-4-15)20(30)37/h9-12,14-15H,1-8H2,(H2,30,37)(H,33,34)(H,31,32,35)/t12-,15+. The van der Waals surface area contributed by atoms with Crippen molar-refractivity contribution in [1.82, 2.24) is 19.5 Å². The molecule has 0 aliphatic heterocycles. The van der Waals surface area contributed by atoms with Gasteiger partial charge in [0.05, 0.1) is 21.9 Å². The second kappa shape index (κ2) is 10.4. The minimum absolute atomic E-state index is 0.0240. The Balaban J connectivity index is 1.49. The first-order valence-electron chi connectivity index (χ1n) is 12.2. The van der Waals surface area contributed by atoms with Gasteiger partial charge in [0.25, 0.3) is 0 Å². The number of imidazole rings is 1. The minimum Gasteiger partial charge on any atom is -0.369 e. The highest BCUT2D eigenvalue weighted by Crippen LogP contribution is 2.40. The van der Waals surface area contributed by atoms with Gasteiger partial charge in [0.15, 0.2) is 5.65 Å². The van der Waals surface area contributed by atoms with Crippen LogP contribution in [0.25, 0.3) is 11.2 Å². The molecule has 198 valence electrons. The third kappa shape index (κ3) is 5.71. The fourth-order valence-electron chi connectivity index (χ4n) is 5.15. The third-order valence-electron chi connectivity index (χ3n) is 7.19. The number of aromatic nitrogens is 4. The monoisotopic (exact) mass is 571 g/mol. The normalized spacial score (nSPS) is 22.2. The highest BCUT2D eigenvalue weighted by molar-refractivity contribution is 6.41. The minimum atomic E-state index is -2.61. The fourth-order valence-corrected chi connectivity index (χ4v) is 6.06. The van der Waals surface area contributed by atoms with Crippen LogP contribution in [0.15, 0.2) is 18.3 Å². The predicted octanol–water partition coefficient (Wildman–Crippen LogP) is 6.74. The van der Waals surface area contributed by atoms with E-state index in [4.69, 9.17) is 50.5 Å². The van der Waals surface area contributed by atoms with Crippen LogP contribution in [0.2, 0.25) is 15.1 Å². The summed E-state index contributed by atoms with van der Waals surface area (Å²) in [5.41, 5.74) is 7.10. The second-order valence-corrected chi connectivity index (χ2v) is 11.0. The molecule has 37 heavy (non-hydrogen) atoms. The SMILES string of the molecule is NC(=O)[C@H]1CC[C@@H](n2c(Nc3c(Cl)cc(Cl)cc3Cl)nc3cnc(NC4CCC(F)(F)CC4)nc32)CC1. The molecule has 8 nitrogen and oxygen atoms in total. The van der Waals surface area contributed by atoms with E-state index in [-0.39, 0.29) is 36.8 Å². The number of halogens is 5. The molecule has 0 radical (unpaired) electrons. The fraction of sp³-hybridized carbons (Fsp3) is 0.500. The zero-order valence-electron chi connectivity index (χ0n) is 19.8. The molecule has 2 aliphatic rings. The first-order chi connectivity index (χ1) is 17.6. The van der Waals surface area contributed by atoms with E-state index in [2.05, 4.69) is 15.6 Å². The van der Waals surface area contributed by atoms with Crippen molar-refractivity contribution in [3.05, 3.63) is 33.4 Å². The molecule has 0 atom stereocenters. The second-order valence-electron chi connectivity index (χ2n) is 9.76. The van der Waals surface area contributed by atoms with Crippen LogP contribution in [-0.4, -0.2) is 37.4 Å². The van der Waals surface area contributed by atoms with Crippen molar-refractivity contribution in [2.24, 2.45) is 11.7 Å². The zero-order chi connectivity index (χ0) is 26.3. The zero-order valence-corrected chi connectivity index (χ0v) is 22.1. The Bertz CT molecular complexity index is 1290. The molecular weight excluding hydrogens is 547 g/mol. The lowest BCUT2D eigenvalue weighted by Crippen LogP contribution is -2.32. The maximum absolute atomic E-state index is 13.6. The number of nitrogens with two attached hydrogens (primary N) is 1. The lowest BCUT2D eigenvalue weighted by Gasteiger charge is -2.29. The lowest BCUT2D eigenvalue weighted by molar-refractivity contribution is -0.122.